The van der Waals surface area contributed by atoms with E-state index in [-0.39, 0.29) is 24.4 Å². The largest absolute Gasteiger partial charge is 0.376 e. The van der Waals surface area contributed by atoms with Gasteiger partial charge in [0, 0.05) is 11.7 Å². The van der Waals surface area contributed by atoms with Crippen LogP contribution in [0.3, 0.4) is 0 Å². The Balaban J connectivity index is 1.59. The molecular formula is C20H23N3O2. The zero-order chi connectivity index (χ0) is 17.5. The Morgan fingerprint density at radius 3 is 2.36 bits per heavy atom. The van der Waals surface area contributed by atoms with E-state index in [4.69, 9.17) is 0 Å². The van der Waals surface area contributed by atoms with Crippen molar-refractivity contribution in [3.8, 4) is 0 Å². The number of anilines is 2. The van der Waals surface area contributed by atoms with Gasteiger partial charge in [-0.2, -0.15) is 0 Å². The van der Waals surface area contributed by atoms with E-state index < -0.39 is 0 Å². The molecule has 25 heavy (non-hydrogen) atoms. The first-order valence-electron chi connectivity index (χ1n) is 8.71. The first-order valence-corrected chi connectivity index (χ1v) is 8.71. The van der Waals surface area contributed by atoms with Crippen LogP contribution in [0, 0.1) is 0 Å². The molecular weight excluding hydrogens is 314 g/mol. The zero-order valence-corrected chi connectivity index (χ0v) is 14.1. The molecule has 1 aliphatic rings. The number of hydrogen-bond donors (Lipinski definition) is 3. The molecule has 130 valence electrons. The molecule has 0 heterocycles. The Hall–Kier alpha value is -2.82. The third-order valence-electron chi connectivity index (χ3n) is 4.36. The van der Waals surface area contributed by atoms with Crippen LogP contribution in [0.4, 0.5) is 11.4 Å². The van der Waals surface area contributed by atoms with Crippen LogP contribution in [-0.2, 0) is 4.79 Å². The van der Waals surface area contributed by atoms with Crippen LogP contribution in [0.15, 0.2) is 54.6 Å². The summed E-state index contributed by atoms with van der Waals surface area (Å²) in [6.45, 7) is 0.141. The van der Waals surface area contributed by atoms with Gasteiger partial charge in [0.1, 0.15) is 0 Å². The molecule has 5 nitrogen and oxygen atoms in total. The predicted molar refractivity (Wildman–Crippen MR) is 99.7 cm³/mol. The topological polar surface area (TPSA) is 70.2 Å². The van der Waals surface area contributed by atoms with E-state index in [2.05, 4.69) is 16.0 Å². The number of carbonyl (C=O) groups is 2. The highest BCUT2D eigenvalue weighted by Gasteiger charge is 2.20. The molecule has 1 aliphatic carbocycles. The Bertz CT molecular complexity index is 725. The van der Waals surface area contributed by atoms with Crippen LogP contribution in [0.2, 0.25) is 0 Å². The second kappa shape index (κ2) is 8.33. The van der Waals surface area contributed by atoms with Gasteiger partial charge >= 0.3 is 0 Å². The maximum atomic E-state index is 12.5. The highest BCUT2D eigenvalue weighted by atomic mass is 16.2. The molecule has 0 unspecified atom stereocenters. The maximum Gasteiger partial charge on any atom is 0.253 e. The van der Waals surface area contributed by atoms with E-state index in [1.807, 2.05) is 36.4 Å². The van der Waals surface area contributed by atoms with Crippen molar-refractivity contribution in [3.05, 3.63) is 60.2 Å². The van der Waals surface area contributed by atoms with Crippen molar-refractivity contribution < 1.29 is 9.59 Å². The number of carbonyl (C=O) groups excluding carboxylic acids is 2. The third kappa shape index (κ3) is 4.83. The lowest BCUT2D eigenvalue weighted by atomic mass is 10.1. The second-order valence-corrected chi connectivity index (χ2v) is 6.27. The fourth-order valence-corrected chi connectivity index (χ4v) is 3.06. The van der Waals surface area contributed by atoms with E-state index >= 15 is 0 Å². The fraction of sp³-hybridized carbons (Fsp3) is 0.300. The summed E-state index contributed by atoms with van der Waals surface area (Å²) in [5, 5.41) is 8.94. The van der Waals surface area contributed by atoms with Gasteiger partial charge < -0.3 is 16.0 Å². The summed E-state index contributed by atoms with van der Waals surface area (Å²) in [4.78, 5) is 24.7. The van der Waals surface area contributed by atoms with Gasteiger partial charge in [-0.25, -0.2) is 0 Å². The van der Waals surface area contributed by atoms with Gasteiger partial charge in [-0.1, -0.05) is 43.2 Å². The minimum Gasteiger partial charge on any atom is -0.376 e. The minimum absolute atomic E-state index is 0.126. The Morgan fingerprint density at radius 2 is 1.60 bits per heavy atom. The fourth-order valence-electron chi connectivity index (χ4n) is 3.06. The SMILES string of the molecule is O=C(CNc1ccccc1)Nc1ccccc1C(=O)NC1CCCC1. The molecule has 0 saturated heterocycles. The molecule has 2 aromatic carbocycles. The summed E-state index contributed by atoms with van der Waals surface area (Å²) in [5.74, 6) is -0.316. The normalized spacial score (nSPS) is 14.1. The third-order valence-corrected chi connectivity index (χ3v) is 4.36. The van der Waals surface area contributed by atoms with Crippen LogP contribution in [0.1, 0.15) is 36.0 Å². The van der Waals surface area contributed by atoms with Gasteiger partial charge in [0.2, 0.25) is 5.91 Å². The summed E-state index contributed by atoms with van der Waals surface area (Å²) in [5.41, 5.74) is 1.92. The number of nitrogens with one attached hydrogen (secondary N) is 3. The summed E-state index contributed by atoms with van der Waals surface area (Å²) < 4.78 is 0. The van der Waals surface area contributed by atoms with Crippen LogP contribution < -0.4 is 16.0 Å². The highest BCUT2D eigenvalue weighted by molar-refractivity contribution is 6.04. The van der Waals surface area contributed by atoms with Crippen molar-refractivity contribution in [1.29, 1.82) is 0 Å². The number of rotatable bonds is 6. The van der Waals surface area contributed by atoms with Gasteiger partial charge in [0.25, 0.3) is 5.91 Å². The Morgan fingerprint density at radius 1 is 0.920 bits per heavy atom. The molecule has 0 aromatic heterocycles. The summed E-state index contributed by atoms with van der Waals surface area (Å²) in [6, 6.07) is 16.9. The van der Waals surface area contributed by atoms with E-state index in [9.17, 15) is 9.59 Å². The van der Waals surface area contributed by atoms with Crippen molar-refractivity contribution in [3.63, 3.8) is 0 Å². The highest BCUT2D eigenvalue weighted by Crippen LogP contribution is 2.20. The van der Waals surface area contributed by atoms with Gasteiger partial charge in [0.05, 0.1) is 17.8 Å². The van der Waals surface area contributed by atoms with Gasteiger partial charge in [-0.3, -0.25) is 9.59 Å². The average Bonchev–Trinajstić information content (AvgIpc) is 3.14. The molecule has 0 spiro atoms. The van der Waals surface area contributed by atoms with Gasteiger partial charge in [-0.15, -0.1) is 0 Å². The summed E-state index contributed by atoms with van der Waals surface area (Å²) in [6.07, 6.45) is 4.38. The van der Waals surface area contributed by atoms with Crippen molar-refractivity contribution >= 4 is 23.2 Å². The minimum atomic E-state index is -0.190. The van der Waals surface area contributed by atoms with Crippen LogP contribution >= 0.6 is 0 Å². The van der Waals surface area contributed by atoms with Crippen LogP contribution in [-0.4, -0.2) is 24.4 Å². The van der Waals surface area contributed by atoms with E-state index in [0.29, 0.717) is 11.3 Å². The summed E-state index contributed by atoms with van der Waals surface area (Å²) >= 11 is 0. The van der Waals surface area contributed by atoms with E-state index in [0.717, 1.165) is 31.4 Å². The summed E-state index contributed by atoms with van der Waals surface area (Å²) in [7, 11) is 0. The standard InChI is InChI=1S/C20H23N3O2/c24-19(14-21-15-8-2-1-3-9-15)23-18-13-7-6-12-17(18)20(25)22-16-10-4-5-11-16/h1-3,6-9,12-13,16,21H,4-5,10-11,14H2,(H,22,25)(H,23,24). The van der Waals surface area contributed by atoms with Crippen molar-refractivity contribution in [1.82, 2.24) is 5.32 Å². The molecule has 1 saturated carbocycles. The Labute approximate surface area is 147 Å². The quantitative estimate of drug-likeness (QED) is 0.756. The second-order valence-electron chi connectivity index (χ2n) is 6.27. The molecule has 3 rings (SSSR count). The van der Waals surface area contributed by atoms with Gasteiger partial charge in [0.15, 0.2) is 0 Å². The number of hydrogen-bond acceptors (Lipinski definition) is 3. The molecule has 0 aliphatic heterocycles. The molecule has 1 fully saturated rings. The van der Waals surface area contributed by atoms with Crippen LogP contribution in [0.25, 0.3) is 0 Å². The first kappa shape index (κ1) is 17.0. The van der Waals surface area contributed by atoms with Crippen molar-refractivity contribution in [2.75, 3.05) is 17.2 Å². The lowest BCUT2D eigenvalue weighted by molar-refractivity contribution is -0.114. The van der Waals surface area contributed by atoms with E-state index in [1.54, 1.807) is 18.2 Å². The van der Waals surface area contributed by atoms with Crippen LogP contribution in [0.5, 0.6) is 0 Å². The number of amides is 2. The monoisotopic (exact) mass is 337 g/mol. The first-order chi connectivity index (χ1) is 12.2. The lowest BCUT2D eigenvalue weighted by Gasteiger charge is -2.15. The Kier molecular flexibility index (Phi) is 5.67. The molecule has 3 N–H and O–H groups in total. The molecule has 2 amide bonds. The molecule has 5 heteroatoms. The predicted octanol–water partition coefficient (Wildman–Crippen LogP) is 3.41. The molecule has 0 bridgehead atoms. The van der Waals surface area contributed by atoms with Crippen molar-refractivity contribution in [2.24, 2.45) is 0 Å². The molecule has 0 radical (unpaired) electrons. The average molecular weight is 337 g/mol. The van der Waals surface area contributed by atoms with Crippen molar-refractivity contribution in [2.45, 2.75) is 31.7 Å². The molecule has 0 atom stereocenters. The smallest absolute Gasteiger partial charge is 0.253 e. The molecule has 2 aromatic rings. The van der Waals surface area contributed by atoms with E-state index in [1.165, 1.54) is 0 Å². The number of para-hydroxylation sites is 2. The lowest BCUT2D eigenvalue weighted by Crippen LogP contribution is -2.33. The number of benzene rings is 2. The maximum absolute atomic E-state index is 12.5. The zero-order valence-electron chi connectivity index (χ0n) is 14.1. The van der Waals surface area contributed by atoms with Gasteiger partial charge in [-0.05, 0) is 37.1 Å².